The van der Waals surface area contributed by atoms with Crippen molar-refractivity contribution in [1.82, 2.24) is 0 Å². The predicted octanol–water partition coefficient (Wildman–Crippen LogP) is 3.04. The van der Waals surface area contributed by atoms with E-state index in [0.717, 1.165) is 7.14 Å². The largest absolute Gasteiger partial charge is 0.289 e. The molecule has 0 aliphatic rings. The normalized spacial score (nSPS) is 9.56. The number of hydrogen-bond donors (Lipinski definition) is 0. The van der Waals surface area contributed by atoms with E-state index in [1.807, 2.05) is 34.7 Å². The van der Waals surface area contributed by atoms with E-state index < -0.39 is 0 Å². The van der Waals surface area contributed by atoms with Crippen LogP contribution in [0.25, 0.3) is 0 Å². The van der Waals surface area contributed by atoms with Crippen LogP contribution in [-0.4, -0.2) is 0 Å². The fourth-order valence-electron chi connectivity index (χ4n) is 0.477. The molecule has 1 radical (unpaired) electrons. The first-order chi connectivity index (χ1) is 4.20. The zero-order chi connectivity index (χ0) is 6.85. The average Bonchev–Trinajstić information content (AvgIpc) is 1.80. The van der Waals surface area contributed by atoms with Gasteiger partial charge in [0.1, 0.15) is 0 Å². The number of benzene rings is 1. The molecule has 0 unspecified atom stereocenters. The summed E-state index contributed by atoms with van der Waals surface area (Å²) in [6.45, 7) is 0. The Morgan fingerprint density at radius 1 is 1.22 bits per heavy atom. The lowest BCUT2D eigenvalue weighted by Gasteiger charge is -1.91. The molecule has 0 aliphatic carbocycles. The summed E-state index contributed by atoms with van der Waals surface area (Å²) in [5.74, 6) is 0.113. The molecule has 0 heterocycles. The Bertz CT molecular complexity index is 222. The van der Waals surface area contributed by atoms with Gasteiger partial charge >= 0.3 is 0 Å². The molecule has 0 aliphatic heterocycles. The Morgan fingerprint density at radius 2 is 1.89 bits per heavy atom. The summed E-state index contributed by atoms with van der Waals surface area (Å²) in [7, 11) is 0. The molecule has 0 atom stereocenters. The van der Waals surface area contributed by atoms with Crippen molar-refractivity contribution < 1.29 is 5.11 Å². The van der Waals surface area contributed by atoms with Crippen molar-refractivity contribution in [3.8, 4) is 5.75 Å². The molecule has 1 rings (SSSR count). The first kappa shape index (κ1) is 7.59. The molecule has 0 bridgehead atoms. The third-order valence-electron chi connectivity index (χ3n) is 0.893. The quantitative estimate of drug-likeness (QED) is 0.645. The minimum atomic E-state index is 0.113. The van der Waals surface area contributed by atoms with Crippen LogP contribution in [0, 0.1) is 7.14 Å². The summed E-state index contributed by atoms with van der Waals surface area (Å²) in [5.41, 5.74) is 0. The highest BCUT2D eigenvalue weighted by molar-refractivity contribution is 14.1. The smallest absolute Gasteiger partial charge is 0.192 e. The minimum absolute atomic E-state index is 0.113. The third-order valence-corrected chi connectivity index (χ3v) is 2.46. The molecule has 0 amide bonds. The van der Waals surface area contributed by atoms with Crippen LogP contribution in [0.15, 0.2) is 18.2 Å². The van der Waals surface area contributed by atoms with Gasteiger partial charge in [0.05, 0.1) is 3.57 Å². The van der Waals surface area contributed by atoms with Gasteiger partial charge in [-0.2, -0.15) is 0 Å². The van der Waals surface area contributed by atoms with E-state index in [2.05, 4.69) is 22.6 Å². The van der Waals surface area contributed by atoms with Crippen molar-refractivity contribution in [2.75, 3.05) is 0 Å². The molecule has 0 N–H and O–H groups in total. The second kappa shape index (κ2) is 3.05. The van der Waals surface area contributed by atoms with Crippen LogP contribution < -0.4 is 0 Å². The SMILES string of the molecule is [O]c1cc(I)ccc1I. The van der Waals surface area contributed by atoms with Crippen LogP contribution >= 0.6 is 45.2 Å². The summed E-state index contributed by atoms with van der Waals surface area (Å²) in [5, 5.41) is 10.8. The second-order valence-corrected chi connectivity index (χ2v) is 3.98. The molecule has 0 saturated heterocycles. The first-order valence-electron chi connectivity index (χ1n) is 2.32. The van der Waals surface area contributed by atoms with Crippen molar-refractivity contribution in [3.63, 3.8) is 0 Å². The van der Waals surface area contributed by atoms with Crippen LogP contribution in [0.2, 0.25) is 0 Å². The molecule has 0 fully saturated rings. The maximum atomic E-state index is 10.8. The highest BCUT2D eigenvalue weighted by atomic mass is 127. The van der Waals surface area contributed by atoms with E-state index in [1.165, 1.54) is 0 Å². The molecule has 0 saturated carbocycles. The standard InChI is InChI=1S/C6H3I2O/c7-4-1-2-5(8)6(9)3-4/h1-3H. The molecular formula is C6H3I2O. The lowest BCUT2D eigenvalue weighted by atomic mass is 10.3. The molecule has 1 aromatic carbocycles. The van der Waals surface area contributed by atoms with Crippen LogP contribution in [0.3, 0.4) is 0 Å². The van der Waals surface area contributed by atoms with Crippen molar-refractivity contribution in [2.24, 2.45) is 0 Å². The highest BCUT2D eigenvalue weighted by Crippen LogP contribution is 2.21. The Labute approximate surface area is 80.7 Å². The van der Waals surface area contributed by atoms with Gasteiger partial charge in [-0.3, -0.25) is 5.11 Å². The molecule has 3 heteroatoms. The first-order valence-corrected chi connectivity index (χ1v) is 4.48. The van der Waals surface area contributed by atoms with Crippen molar-refractivity contribution in [3.05, 3.63) is 25.3 Å². The maximum Gasteiger partial charge on any atom is 0.192 e. The van der Waals surface area contributed by atoms with Crippen molar-refractivity contribution in [1.29, 1.82) is 0 Å². The predicted molar refractivity (Wildman–Crippen MR) is 52.0 cm³/mol. The van der Waals surface area contributed by atoms with Gasteiger partial charge in [-0.05, 0) is 63.4 Å². The van der Waals surface area contributed by atoms with Gasteiger partial charge in [-0.15, -0.1) is 0 Å². The Hall–Kier alpha value is 0.480. The van der Waals surface area contributed by atoms with Gasteiger partial charge in [0, 0.05) is 3.57 Å². The molecule has 1 nitrogen and oxygen atoms in total. The van der Waals surface area contributed by atoms with Gasteiger partial charge in [0.15, 0.2) is 5.75 Å². The van der Waals surface area contributed by atoms with Crippen LogP contribution in [0.5, 0.6) is 5.75 Å². The zero-order valence-electron chi connectivity index (χ0n) is 4.40. The van der Waals surface area contributed by atoms with Crippen LogP contribution in [-0.2, 0) is 5.11 Å². The summed E-state index contributed by atoms with van der Waals surface area (Å²) < 4.78 is 1.78. The van der Waals surface area contributed by atoms with Gasteiger partial charge in [0.25, 0.3) is 0 Å². The average molecular weight is 345 g/mol. The summed E-state index contributed by atoms with van der Waals surface area (Å²) >= 11 is 4.14. The van der Waals surface area contributed by atoms with E-state index in [-0.39, 0.29) is 5.75 Å². The molecule has 0 spiro atoms. The number of rotatable bonds is 0. The Balaban J connectivity index is 3.17. The van der Waals surface area contributed by atoms with E-state index >= 15 is 0 Å². The van der Waals surface area contributed by atoms with E-state index in [4.69, 9.17) is 0 Å². The monoisotopic (exact) mass is 345 g/mol. The molecular weight excluding hydrogens is 342 g/mol. The summed E-state index contributed by atoms with van der Waals surface area (Å²) in [6, 6.07) is 5.37. The summed E-state index contributed by atoms with van der Waals surface area (Å²) in [4.78, 5) is 0. The van der Waals surface area contributed by atoms with E-state index in [1.54, 1.807) is 6.07 Å². The lowest BCUT2D eigenvalue weighted by molar-refractivity contribution is 0.351. The van der Waals surface area contributed by atoms with Gasteiger partial charge in [-0.25, -0.2) is 0 Å². The van der Waals surface area contributed by atoms with Gasteiger partial charge in [-0.1, -0.05) is 0 Å². The highest BCUT2D eigenvalue weighted by Gasteiger charge is 1.97. The molecule has 47 valence electrons. The van der Waals surface area contributed by atoms with E-state index in [0.29, 0.717) is 0 Å². The molecule has 1 aromatic rings. The van der Waals surface area contributed by atoms with Crippen molar-refractivity contribution in [2.45, 2.75) is 0 Å². The topological polar surface area (TPSA) is 19.9 Å². The Morgan fingerprint density at radius 3 is 2.33 bits per heavy atom. The lowest BCUT2D eigenvalue weighted by Crippen LogP contribution is -1.72. The van der Waals surface area contributed by atoms with Gasteiger partial charge < -0.3 is 0 Å². The fraction of sp³-hybridized carbons (Fsp3) is 0. The summed E-state index contributed by atoms with van der Waals surface area (Å²) in [6.07, 6.45) is 0. The van der Waals surface area contributed by atoms with Crippen LogP contribution in [0.4, 0.5) is 0 Å². The zero-order valence-corrected chi connectivity index (χ0v) is 8.71. The molecule has 0 aromatic heterocycles. The van der Waals surface area contributed by atoms with Crippen LogP contribution in [0.1, 0.15) is 0 Å². The van der Waals surface area contributed by atoms with Gasteiger partial charge in [0.2, 0.25) is 0 Å². The number of halogens is 2. The molecule has 9 heavy (non-hydrogen) atoms. The number of hydrogen-bond acceptors (Lipinski definition) is 0. The Kier molecular flexibility index (Phi) is 2.57. The minimum Gasteiger partial charge on any atom is -0.289 e. The van der Waals surface area contributed by atoms with E-state index in [9.17, 15) is 5.11 Å². The third kappa shape index (κ3) is 1.96. The second-order valence-electron chi connectivity index (χ2n) is 1.57. The maximum absolute atomic E-state index is 10.8. The van der Waals surface area contributed by atoms with Crippen molar-refractivity contribution >= 4 is 45.2 Å². The fourth-order valence-corrected chi connectivity index (χ4v) is 1.28.